The fourth-order valence-corrected chi connectivity index (χ4v) is 1.86. The fraction of sp³-hybridized carbons (Fsp3) is 1.00. The smallest absolute Gasteiger partial charge is 0.161 e. The van der Waals surface area contributed by atoms with Gasteiger partial charge in [-0.1, -0.05) is 28.7 Å². The molecule has 0 N–H and O–H groups in total. The molecule has 0 unspecified atom stereocenters. The fourth-order valence-electron chi connectivity index (χ4n) is 0.687. The van der Waals surface area contributed by atoms with Gasteiger partial charge in [-0.25, -0.2) is 0 Å². The van der Waals surface area contributed by atoms with E-state index in [2.05, 4.69) is 0 Å². The molecule has 0 saturated carbocycles. The van der Waals surface area contributed by atoms with Gasteiger partial charge in [0.2, 0.25) is 0 Å². The summed E-state index contributed by atoms with van der Waals surface area (Å²) in [5.41, 5.74) is 0. The van der Waals surface area contributed by atoms with Crippen molar-refractivity contribution in [3.8, 4) is 0 Å². The molecule has 0 atom stereocenters. The summed E-state index contributed by atoms with van der Waals surface area (Å²) in [4.78, 5) is 0. The average molecular weight is 150 g/mol. The monoisotopic (exact) mass is 150 g/mol. The van der Waals surface area contributed by atoms with Crippen LogP contribution in [0, 0.1) is 0 Å². The van der Waals surface area contributed by atoms with Gasteiger partial charge >= 0.3 is 0 Å². The van der Waals surface area contributed by atoms with Crippen molar-refractivity contribution in [2.45, 2.75) is 41.2 Å². The van der Waals surface area contributed by atoms with Crippen LogP contribution in [0.1, 0.15) is 35.1 Å². The molecule has 1 rings (SSSR count). The minimum atomic E-state index is 0. The molecule has 1 fully saturated rings. The van der Waals surface area contributed by atoms with Crippen molar-refractivity contribution in [2.24, 2.45) is 0 Å². The Morgan fingerprint density at radius 2 is 1.67 bits per heavy atom. The van der Waals surface area contributed by atoms with E-state index >= 15 is 0 Å². The molecule has 0 aromatic rings. The Kier molecular flexibility index (Phi) is 19.7. The van der Waals surface area contributed by atoms with Gasteiger partial charge in [0.25, 0.3) is 0 Å². The summed E-state index contributed by atoms with van der Waals surface area (Å²) < 4.78 is 5.21. The molecule has 0 aromatic carbocycles. The van der Waals surface area contributed by atoms with Crippen molar-refractivity contribution >= 4 is 9.76 Å². The third-order valence-electron chi connectivity index (χ3n) is 1.08. The van der Waals surface area contributed by atoms with Gasteiger partial charge < -0.3 is 4.43 Å². The molecule has 2 heteroatoms. The van der Waals surface area contributed by atoms with Gasteiger partial charge in [-0.3, -0.25) is 0 Å². The second-order valence-electron chi connectivity index (χ2n) is 1.67. The Morgan fingerprint density at radius 3 is 1.78 bits per heavy atom. The molecule has 1 heterocycles. The zero-order chi connectivity index (χ0) is 4.24. The molecular formula is C7H22OSi. The summed E-state index contributed by atoms with van der Waals surface area (Å²) in [6.07, 6.45) is 2.75. The Balaban J connectivity index is -0.000000120. The number of hydrogen-bond donors (Lipinski definition) is 0. The van der Waals surface area contributed by atoms with Crippen molar-refractivity contribution in [3.63, 3.8) is 0 Å². The first-order valence-electron chi connectivity index (χ1n) is 2.58. The molecule has 0 bridgehead atoms. The van der Waals surface area contributed by atoms with Crippen LogP contribution in [0.4, 0.5) is 0 Å². The molecule has 1 nitrogen and oxygen atoms in total. The molecule has 0 radical (unpaired) electrons. The van der Waals surface area contributed by atoms with Crippen molar-refractivity contribution in [3.05, 3.63) is 0 Å². The maximum absolute atomic E-state index is 5.21. The van der Waals surface area contributed by atoms with Gasteiger partial charge in [0, 0.05) is 6.61 Å². The third kappa shape index (κ3) is 8.18. The van der Waals surface area contributed by atoms with Gasteiger partial charge in [0.15, 0.2) is 9.76 Å². The molecule has 1 saturated heterocycles. The van der Waals surface area contributed by atoms with E-state index in [1.165, 1.54) is 18.9 Å². The quantitative estimate of drug-likeness (QED) is 0.481. The summed E-state index contributed by atoms with van der Waals surface area (Å²) >= 11 is 0. The molecule has 1 aliphatic rings. The number of rotatable bonds is 0. The maximum Gasteiger partial charge on any atom is 0.161 e. The van der Waals surface area contributed by atoms with Crippen LogP contribution in [0.3, 0.4) is 0 Å². The molecule has 0 aliphatic carbocycles. The minimum absolute atomic E-state index is 0. The number of hydrogen-bond acceptors (Lipinski definition) is 1. The van der Waals surface area contributed by atoms with Crippen LogP contribution in [0.15, 0.2) is 0 Å². The first-order chi connectivity index (χ1) is 3.00. The zero-order valence-corrected chi connectivity index (χ0v) is 5.36. The van der Waals surface area contributed by atoms with Crippen LogP contribution in [-0.4, -0.2) is 16.4 Å². The largest absolute Gasteiger partial charge is 0.424 e. The van der Waals surface area contributed by atoms with Crippen molar-refractivity contribution in [2.75, 3.05) is 6.61 Å². The summed E-state index contributed by atoms with van der Waals surface area (Å²) in [6.45, 7) is 1.06. The highest BCUT2D eigenvalue weighted by Crippen LogP contribution is 2.01. The van der Waals surface area contributed by atoms with E-state index in [1.807, 2.05) is 0 Å². The van der Waals surface area contributed by atoms with Crippen LogP contribution < -0.4 is 0 Å². The van der Waals surface area contributed by atoms with Crippen LogP contribution in [-0.2, 0) is 4.43 Å². The van der Waals surface area contributed by atoms with Crippen LogP contribution in [0.25, 0.3) is 0 Å². The summed E-state index contributed by atoms with van der Waals surface area (Å²) in [7, 11) is 0.00849. The normalized spacial score (nSPS) is 18.7. The molecular weight excluding hydrogens is 128 g/mol. The third-order valence-corrected chi connectivity index (χ3v) is 2.44. The van der Waals surface area contributed by atoms with E-state index in [4.69, 9.17) is 4.43 Å². The van der Waals surface area contributed by atoms with Crippen LogP contribution >= 0.6 is 0 Å². The molecule has 0 aromatic heterocycles. The lowest BCUT2D eigenvalue weighted by molar-refractivity contribution is 0.304. The van der Waals surface area contributed by atoms with E-state index in [0.717, 1.165) is 6.61 Å². The standard InChI is InChI=1S/C4H10OSi.3CH4/c1-2-4-6-5-3-1;;;/h1-4,6H2;3*1H4. The van der Waals surface area contributed by atoms with Crippen LogP contribution in [0.2, 0.25) is 6.04 Å². The molecule has 0 spiro atoms. The lowest BCUT2D eigenvalue weighted by atomic mass is 10.4. The van der Waals surface area contributed by atoms with Gasteiger partial charge in [-0.15, -0.1) is 0 Å². The SMILES string of the molecule is C.C.C.C1CC[SiH2]OC1. The predicted octanol–water partition coefficient (Wildman–Crippen LogP) is 2.21. The first-order valence-corrected chi connectivity index (χ1v) is 4.15. The Morgan fingerprint density at radius 1 is 1.00 bits per heavy atom. The first kappa shape index (κ1) is 16.1. The highest BCUT2D eigenvalue weighted by atomic mass is 28.2. The van der Waals surface area contributed by atoms with E-state index < -0.39 is 0 Å². The minimum Gasteiger partial charge on any atom is -0.424 e. The van der Waals surface area contributed by atoms with Crippen molar-refractivity contribution in [1.82, 2.24) is 0 Å². The maximum atomic E-state index is 5.21. The lowest BCUT2D eigenvalue weighted by Crippen LogP contribution is -2.06. The Hall–Kier alpha value is 0.177. The summed E-state index contributed by atoms with van der Waals surface area (Å²) in [6, 6.07) is 1.42. The highest BCUT2D eigenvalue weighted by molar-refractivity contribution is 6.27. The topological polar surface area (TPSA) is 9.23 Å². The van der Waals surface area contributed by atoms with Gasteiger partial charge in [0.05, 0.1) is 0 Å². The zero-order valence-electron chi connectivity index (χ0n) is 3.94. The second-order valence-corrected chi connectivity index (χ2v) is 3.20. The van der Waals surface area contributed by atoms with Gasteiger partial charge in [-0.2, -0.15) is 0 Å². The highest BCUT2D eigenvalue weighted by Gasteiger charge is 1.96. The van der Waals surface area contributed by atoms with E-state index in [-0.39, 0.29) is 32.0 Å². The Labute approximate surface area is 62.8 Å². The van der Waals surface area contributed by atoms with Crippen molar-refractivity contribution < 1.29 is 4.43 Å². The van der Waals surface area contributed by atoms with Crippen molar-refractivity contribution in [1.29, 1.82) is 0 Å². The molecule has 60 valence electrons. The molecule has 9 heavy (non-hydrogen) atoms. The predicted molar refractivity (Wildman–Crippen MR) is 48.7 cm³/mol. The summed E-state index contributed by atoms with van der Waals surface area (Å²) in [5, 5.41) is 0. The van der Waals surface area contributed by atoms with Crippen LogP contribution in [0.5, 0.6) is 0 Å². The van der Waals surface area contributed by atoms with Gasteiger partial charge in [-0.05, 0) is 12.5 Å². The lowest BCUT2D eigenvalue weighted by Gasteiger charge is -2.07. The average Bonchev–Trinajstić information content (AvgIpc) is 1.72. The Bertz CT molecular complexity index is 24.4. The summed E-state index contributed by atoms with van der Waals surface area (Å²) in [5.74, 6) is 0. The molecule has 1 aliphatic heterocycles. The second kappa shape index (κ2) is 11.0. The van der Waals surface area contributed by atoms with E-state index in [1.54, 1.807) is 0 Å². The van der Waals surface area contributed by atoms with E-state index in [9.17, 15) is 0 Å². The van der Waals surface area contributed by atoms with E-state index in [0.29, 0.717) is 0 Å². The van der Waals surface area contributed by atoms with Gasteiger partial charge in [0.1, 0.15) is 0 Å². The molecule has 0 amide bonds.